The minimum absolute atomic E-state index is 0.0517. The Morgan fingerprint density at radius 1 is 1.50 bits per heavy atom. The molecular formula is C16H19N3O3. The van der Waals surface area contributed by atoms with Crippen LogP contribution >= 0.6 is 0 Å². The minimum Gasteiger partial charge on any atom is -0.364 e. The van der Waals surface area contributed by atoms with Crippen LogP contribution < -0.4 is 0 Å². The normalized spacial score (nSPS) is 24.3. The average molecular weight is 301 g/mol. The van der Waals surface area contributed by atoms with Crippen LogP contribution in [0.5, 0.6) is 0 Å². The van der Waals surface area contributed by atoms with Crippen molar-refractivity contribution in [3.05, 3.63) is 42.2 Å². The fourth-order valence-electron chi connectivity index (χ4n) is 3.03. The largest absolute Gasteiger partial charge is 0.364 e. The van der Waals surface area contributed by atoms with Gasteiger partial charge in [-0.05, 0) is 19.1 Å². The Bertz CT molecular complexity index is 616. The van der Waals surface area contributed by atoms with E-state index in [4.69, 9.17) is 4.74 Å². The highest BCUT2D eigenvalue weighted by molar-refractivity contribution is 5.92. The van der Waals surface area contributed by atoms with Gasteiger partial charge in [-0.15, -0.1) is 6.58 Å². The maximum Gasteiger partial charge on any atom is 0.272 e. The van der Waals surface area contributed by atoms with Gasteiger partial charge in [-0.2, -0.15) is 0 Å². The Morgan fingerprint density at radius 2 is 2.32 bits per heavy atom. The second kappa shape index (κ2) is 5.88. The van der Waals surface area contributed by atoms with Gasteiger partial charge in [-0.1, -0.05) is 12.1 Å². The molecule has 6 nitrogen and oxygen atoms in total. The summed E-state index contributed by atoms with van der Waals surface area (Å²) in [4.78, 5) is 32.3. The van der Waals surface area contributed by atoms with Crippen molar-refractivity contribution in [3.8, 4) is 0 Å². The first kappa shape index (κ1) is 14.7. The highest BCUT2D eigenvalue weighted by Crippen LogP contribution is 2.24. The first-order chi connectivity index (χ1) is 10.6. The molecule has 0 bridgehead atoms. The zero-order chi connectivity index (χ0) is 15.7. The van der Waals surface area contributed by atoms with E-state index in [-0.39, 0.29) is 30.6 Å². The van der Waals surface area contributed by atoms with Gasteiger partial charge >= 0.3 is 0 Å². The number of nitrogens with zero attached hydrogens (tertiary/aromatic N) is 3. The molecule has 116 valence electrons. The van der Waals surface area contributed by atoms with E-state index in [1.807, 2.05) is 19.1 Å². The summed E-state index contributed by atoms with van der Waals surface area (Å²) >= 11 is 0. The molecular weight excluding hydrogens is 282 g/mol. The summed E-state index contributed by atoms with van der Waals surface area (Å²) in [5, 5.41) is 0. The van der Waals surface area contributed by atoms with E-state index in [2.05, 4.69) is 11.6 Å². The second-order valence-electron chi connectivity index (χ2n) is 5.63. The number of amides is 2. The van der Waals surface area contributed by atoms with Crippen LogP contribution in [0.15, 0.2) is 30.9 Å². The SMILES string of the molecule is C=CCN1C(=O)CO[C@H]2CN(C(=O)c3cccc(C)n3)C[C@H]21. The van der Waals surface area contributed by atoms with Crippen molar-refractivity contribution < 1.29 is 14.3 Å². The zero-order valence-corrected chi connectivity index (χ0v) is 12.6. The van der Waals surface area contributed by atoms with Gasteiger partial charge in [0.25, 0.3) is 5.91 Å². The first-order valence-corrected chi connectivity index (χ1v) is 7.35. The lowest BCUT2D eigenvalue weighted by molar-refractivity contribution is -0.151. The van der Waals surface area contributed by atoms with Crippen molar-refractivity contribution in [2.45, 2.75) is 19.1 Å². The fraction of sp³-hybridized carbons (Fsp3) is 0.438. The molecule has 0 N–H and O–H groups in total. The van der Waals surface area contributed by atoms with Crippen molar-refractivity contribution in [1.29, 1.82) is 0 Å². The standard InChI is InChI=1S/C16H19N3O3/c1-3-7-19-13-8-18(9-14(13)22-10-15(19)20)16(21)12-6-4-5-11(2)17-12/h3-6,13-14H,1,7-10H2,2H3/t13-,14+/m1/s1. The molecule has 0 saturated carbocycles. The number of aryl methyl sites for hydroxylation is 1. The number of hydrogen-bond donors (Lipinski definition) is 0. The number of carbonyl (C=O) groups is 2. The molecule has 2 amide bonds. The van der Waals surface area contributed by atoms with Crippen LogP contribution in [0.25, 0.3) is 0 Å². The number of aromatic nitrogens is 1. The number of fused-ring (bicyclic) bond motifs is 1. The first-order valence-electron chi connectivity index (χ1n) is 7.35. The number of ether oxygens (including phenoxy) is 1. The number of likely N-dealkylation sites (tertiary alicyclic amines) is 1. The van der Waals surface area contributed by atoms with Crippen LogP contribution in [-0.4, -0.2) is 65.0 Å². The number of pyridine rings is 1. The van der Waals surface area contributed by atoms with Crippen LogP contribution in [0.3, 0.4) is 0 Å². The van der Waals surface area contributed by atoms with Crippen LogP contribution in [0.1, 0.15) is 16.2 Å². The predicted octanol–water partition coefficient (Wildman–Crippen LogP) is 0.628. The Labute approximate surface area is 129 Å². The van der Waals surface area contributed by atoms with Gasteiger partial charge in [-0.25, -0.2) is 4.98 Å². The van der Waals surface area contributed by atoms with Gasteiger partial charge in [0.2, 0.25) is 5.91 Å². The molecule has 1 aromatic rings. The van der Waals surface area contributed by atoms with Gasteiger partial charge < -0.3 is 14.5 Å². The lowest BCUT2D eigenvalue weighted by atomic mass is 10.1. The number of morpholine rings is 1. The molecule has 3 rings (SSSR count). The summed E-state index contributed by atoms with van der Waals surface area (Å²) in [6, 6.07) is 5.29. The fourth-order valence-corrected chi connectivity index (χ4v) is 3.03. The third kappa shape index (κ3) is 2.62. The Balaban J connectivity index is 1.77. The third-order valence-electron chi connectivity index (χ3n) is 4.10. The molecule has 1 aromatic heterocycles. The van der Waals surface area contributed by atoms with Gasteiger partial charge in [0.05, 0.1) is 12.1 Å². The Hall–Kier alpha value is -2.21. The molecule has 22 heavy (non-hydrogen) atoms. The van der Waals surface area contributed by atoms with Gasteiger partial charge in [0.1, 0.15) is 12.3 Å². The maximum atomic E-state index is 12.6. The molecule has 2 saturated heterocycles. The maximum absolute atomic E-state index is 12.6. The van der Waals surface area contributed by atoms with E-state index in [1.165, 1.54) is 0 Å². The van der Waals surface area contributed by atoms with E-state index in [9.17, 15) is 9.59 Å². The van der Waals surface area contributed by atoms with Crippen LogP contribution in [-0.2, 0) is 9.53 Å². The summed E-state index contributed by atoms with van der Waals surface area (Å²) in [5.41, 5.74) is 1.24. The molecule has 2 atom stereocenters. The molecule has 0 radical (unpaired) electrons. The monoisotopic (exact) mass is 301 g/mol. The molecule has 0 spiro atoms. The third-order valence-corrected chi connectivity index (χ3v) is 4.10. The van der Waals surface area contributed by atoms with E-state index in [0.29, 0.717) is 25.3 Å². The van der Waals surface area contributed by atoms with Crippen molar-refractivity contribution in [2.24, 2.45) is 0 Å². The van der Waals surface area contributed by atoms with E-state index < -0.39 is 0 Å². The van der Waals surface area contributed by atoms with Gasteiger partial charge in [0, 0.05) is 25.3 Å². The summed E-state index contributed by atoms with van der Waals surface area (Å²) < 4.78 is 5.59. The van der Waals surface area contributed by atoms with E-state index >= 15 is 0 Å². The number of hydrogen-bond acceptors (Lipinski definition) is 4. The lowest BCUT2D eigenvalue weighted by Gasteiger charge is -2.35. The van der Waals surface area contributed by atoms with Gasteiger partial charge in [-0.3, -0.25) is 9.59 Å². The van der Waals surface area contributed by atoms with Crippen LogP contribution in [0.4, 0.5) is 0 Å². The molecule has 0 aliphatic carbocycles. The summed E-state index contributed by atoms with van der Waals surface area (Å²) in [6.45, 7) is 7.05. The molecule has 2 fully saturated rings. The quantitative estimate of drug-likeness (QED) is 0.768. The van der Waals surface area contributed by atoms with E-state index in [0.717, 1.165) is 5.69 Å². The van der Waals surface area contributed by atoms with Gasteiger partial charge in [0.15, 0.2) is 0 Å². The minimum atomic E-state index is -0.133. The summed E-state index contributed by atoms with van der Waals surface area (Å²) in [7, 11) is 0. The predicted molar refractivity (Wildman–Crippen MR) is 80.3 cm³/mol. The lowest BCUT2D eigenvalue weighted by Crippen LogP contribution is -2.53. The molecule has 0 aromatic carbocycles. The van der Waals surface area contributed by atoms with Crippen molar-refractivity contribution in [2.75, 3.05) is 26.2 Å². The molecule has 2 aliphatic heterocycles. The highest BCUT2D eigenvalue weighted by Gasteiger charge is 2.44. The Kier molecular flexibility index (Phi) is 3.94. The molecule has 0 unspecified atom stereocenters. The summed E-state index contributed by atoms with van der Waals surface area (Å²) in [6.07, 6.45) is 1.57. The second-order valence-corrected chi connectivity index (χ2v) is 5.63. The molecule has 2 aliphatic rings. The molecule has 3 heterocycles. The van der Waals surface area contributed by atoms with Crippen molar-refractivity contribution >= 4 is 11.8 Å². The topological polar surface area (TPSA) is 62.7 Å². The van der Waals surface area contributed by atoms with Crippen molar-refractivity contribution in [1.82, 2.24) is 14.8 Å². The van der Waals surface area contributed by atoms with E-state index in [1.54, 1.807) is 21.9 Å². The summed E-state index contributed by atoms with van der Waals surface area (Å²) in [5.74, 6) is -0.170. The zero-order valence-electron chi connectivity index (χ0n) is 12.6. The van der Waals surface area contributed by atoms with Crippen LogP contribution in [0, 0.1) is 6.92 Å². The van der Waals surface area contributed by atoms with Crippen molar-refractivity contribution in [3.63, 3.8) is 0 Å². The highest BCUT2D eigenvalue weighted by atomic mass is 16.5. The number of carbonyl (C=O) groups excluding carboxylic acids is 2. The average Bonchev–Trinajstić information content (AvgIpc) is 2.94. The molecule has 6 heteroatoms. The van der Waals surface area contributed by atoms with Crippen LogP contribution in [0.2, 0.25) is 0 Å². The Morgan fingerprint density at radius 3 is 3.05 bits per heavy atom. The number of rotatable bonds is 3. The smallest absolute Gasteiger partial charge is 0.272 e.